The molecule has 0 unspecified atom stereocenters. The minimum absolute atomic E-state index is 1.01. The molecule has 0 heterocycles. The maximum atomic E-state index is 3.46. The van der Waals surface area contributed by atoms with Crippen LogP contribution in [0, 0.1) is 0 Å². The van der Waals surface area contributed by atoms with E-state index in [0.29, 0.717) is 0 Å². The lowest BCUT2D eigenvalue weighted by atomic mass is 10.4. The maximum absolute atomic E-state index is 3.46. The molecule has 2 heteroatoms. The van der Waals surface area contributed by atoms with Crippen LogP contribution in [0.25, 0.3) is 0 Å². The van der Waals surface area contributed by atoms with Gasteiger partial charge in [-0.05, 0) is 47.5 Å². The molecule has 0 aliphatic heterocycles. The van der Waals surface area contributed by atoms with Gasteiger partial charge in [0.25, 0.3) is 0 Å². The van der Waals surface area contributed by atoms with Crippen molar-refractivity contribution >= 4 is 39.1 Å². The lowest BCUT2D eigenvalue weighted by molar-refractivity contribution is 1.66. The molecule has 0 aliphatic rings. The molecule has 0 atom stereocenters. The van der Waals surface area contributed by atoms with Crippen LogP contribution >= 0.6 is 23.2 Å². The van der Waals surface area contributed by atoms with Gasteiger partial charge in [0.1, 0.15) is 23.2 Å². The third-order valence-electron chi connectivity index (χ3n) is 4.06. The first-order valence-corrected chi connectivity index (χ1v) is 10.6. The number of rotatable bonds is 5. The smallest absolute Gasteiger partial charge is 0.0620 e. The molecule has 3 aromatic rings. The van der Waals surface area contributed by atoms with Gasteiger partial charge in [0.2, 0.25) is 0 Å². The summed E-state index contributed by atoms with van der Waals surface area (Å²) in [6, 6.07) is 32.8. The summed E-state index contributed by atoms with van der Waals surface area (Å²) in [4.78, 5) is 1.98. The highest BCUT2D eigenvalue weighted by atomic mass is 79.9. The normalized spacial score (nSPS) is 11.7. The predicted molar refractivity (Wildman–Crippen MR) is 108 cm³/mol. The van der Waals surface area contributed by atoms with Crippen LogP contribution < -0.4 is 15.9 Å². The van der Waals surface area contributed by atoms with Crippen LogP contribution in [0.5, 0.6) is 0 Å². The van der Waals surface area contributed by atoms with Crippen LogP contribution in [-0.2, 0) is 0 Å². The van der Waals surface area contributed by atoms with Crippen molar-refractivity contribution in [2.24, 2.45) is 0 Å². The van der Waals surface area contributed by atoms with Gasteiger partial charge in [-0.15, -0.1) is 0 Å². The quantitative estimate of drug-likeness (QED) is 0.552. The topological polar surface area (TPSA) is 0 Å². The zero-order valence-corrected chi connectivity index (χ0v) is 15.3. The van der Waals surface area contributed by atoms with Crippen LogP contribution in [0.3, 0.4) is 0 Å². The Morgan fingerprint density at radius 3 is 1.26 bits per heavy atom. The van der Waals surface area contributed by atoms with Crippen molar-refractivity contribution in [3.8, 4) is 0 Å². The van der Waals surface area contributed by atoms with Gasteiger partial charge in [0.05, 0.1) is 6.16 Å². The Kier molecular flexibility index (Phi) is 5.43. The van der Waals surface area contributed by atoms with Crippen LogP contribution in [0.2, 0.25) is 0 Å². The van der Waals surface area contributed by atoms with E-state index in [4.69, 9.17) is 0 Å². The highest BCUT2D eigenvalue weighted by Gasteiger charge is 2.43. The van der Waals surface area contributed by atoms with Gasteiger partial charge < -0.3 is 0 Å². The predicted octanol–water partition coefficient (Wildman–Crippen LogP) is 4.89. The second kappa shape index (κ2) is 7.73. The van der Waals surface area contributed by atoms with Crippen molar-refractivity contribution < 1.29 is 0 Å². The number of benzene rings is 3. The molecule has 0 radical (unpaired) electrons. The zero-order chi connectivity index (χ0) is 16.0. The van der Waals surface area contributed by atoms with E-state index in [9.17, 15) is 0 Å². The fraction of sp³-hybridized carbons (Fsp3) is 0.0476. The summed E-state index contributed by atoms with van der Waals surface area (Å²) < 4.78 is 0. The van der Waals surface area contributed by atoms with Gasteiger partial charge in [-0.1, -0.05) is 70.5 Å². The molecule has 0 aliphatic carbocycles. The largest absolute Gasteiger partial charge is 0.115 e. The highest BCUT2D eigenvalue weighted by molar-refractivity contribution is 9.11. The van der Waals surface area contributed by atoms with Crippen molar-refractivity contribution in [3.63, 3.8) is 0 Å². The van der Waals surface area contributed by atoms with E-state index in [0.717, 1.165) is 6.16 Å². The Morgan fingerprint density at radius 2 is 0.957 bits per heavy atom. The molecule has 0 aromatic heterocycles. The summed E-state index contributed by atoms with van der Waals surface area (Å²) in [5.74, 6) is 0. The summed E-state index contributed by atoms with van der Waals surface area (Å²) in [7, 11) is -1.69. The number of hydrogen-bond acceptors (Lipinski definition) is 0. The average molecular weight is 382 g/mol. The monoisotopic (exact) mass is 381 g/mol. The Morgan fingerprint density at radius 1 is 0.609 bits per heavy atom. The summed E-state index contributed by atoms with van der Waals surface area (Å²) in [5.41, 5.74) is 0. The van der Waals surface area contributed by atoms with E-state index in [2.05, 4.69) is 113 Å². The van der Waals surface area contributed by atoms with E-state index >= 15 is 0 Å². The third kappa shape index (κ3) is 3.32. The molecular formula is C21H19BrP+. The minimum Gasteiger partial charge on any atom is -0.0620 e. The van der Waals surface area contributed by atoms with E-state index in [1.807, 2.05) is 4.99 Å². The number of allylic oxidation sites excluding steroid dienone is 1. The van der Waals surface area contributed by atoms with E-state index < -0.39 is 7.26 Å². The van der Waals surface area contributed by atoms with Gasteiger partial charge >= 0.3 is 0 Å². The fourth-order valence-electron chi connectivity index (χ4n) is 3.01. The van der Waals surface area contributed by atoms with Crippen LogP contribution in [-0.4, -0.2) is 6.16 Å². The molecule has 3 aromatic carbocycles. The lowest BCUT2D eigenvalue weighted by Crippen LogP contribution is -2.32. The van der Waals surface area contributed by atoms with Crippen LogP contribution in [0.15, 0.2) is 102 Å². The van der Waals surface area contributed by atoms with Gasteiger partial charge in [-0.2, -0.15) is 0 Å². The molecule has 0 fully saturated rings. The van der Waals surface area contributed by atoms with E-state index in [1.54, 1.807) is 0 Å². The Balaban J connectivity index is 2.30. The summed E-state index contributed by atoms with van der Waals surface area (Å²) in [5, 5.41) is 4.26. The molecule has 0 spiro atoms. The molecule has 0 saturated carbocycles. The second-order valence-electron chi connectivity index (χ2n) is 5.36. The molecule has 0 nitrogen and oxygen atoms in total. The SMILES string of the molecule is Br/C=C/C[P+](c1ccccc1)(c1ccccc1)c1ccccc1. The van der Waals surface area contributed by atoms with Crippen molar-refractivity contribution in [2.75, 3.05) is 6.16 Å². The molecule has 0 saturated heterocycles. The lowest BCUT2D eigenvalue weighted by Gasteiger charge is -2.26. The first kappa shape index (κ1) is 16.2. The Hall–Kier alpha value is -1.69. The van der Waals surface area contributed by atoms with Crippen LogP contribution in [0.4, 0.5) is 0 Å². The summed E-state index contributed by atoms with van der Waals surface area (Å²) in [6.45, 7) is 0. The zero-order valence-electron chi connectivity index (χ0n) is 12.8. The Bertz CT molecular complexity index is 655. The molecular weight excluding hydrogens is 363 g/mol. The number of hydrogen-bond donors (Lipinski definition) is 0. The first-order valence-electron chi connectivity index (χ1n) is 7.68. The van der Waals surface area contributed by atoms with Gasteiger partial charge in [0.15, 0.2) is 0 Å². The highest BCUT2D eigenvalue weighted by Crippen LogP contribution is 2.55. The average Bonchev–Trinajstić information content (AvgIpc) is 2.65. The number of halogens is 1. The maximum Gasteiger partial charge on any atom is 0.115 e. The van der Waals surface area contributed by atoms with Crippen LogP contribution in [0.1, 0.15) is 0 Å². The van der Waals surface area contributed by atoms with Crippen molar-refractivity contribution in [1.82, 2.24) is 0 Å². The van der Waals surface area contributed by atoms with Crippen molar-refractivity contribution in [1.29, 1.82) is 0 Å². The second-order valence-corrected chi connectivity index (χ2v) is 9.42. The minimum atomic E-state index is -1.69. The molecule has 114 valence electrons. The summed E-state index contributed by atoms with van der Waals surface area (Å²) >= 11 is 3.46. The van der Waals surface area contributed by atoms with E-state index in [1.165, 1.54) is 15.9 Å². The molecule has 0 amide bonds. The molecule has 0 bridgehead atoms. The van der Waals surface area contributed by atoms with Gasteiger partial charge in [-0.25, -0.2) is 0 Å². The molecule has 3 rings (SSSR count). The Labute approximate surface area is 147 Å². The fourth-order valence-corrected chi connectivity index (χ4v) is 7.48. The van der Waals surface area contributed by atoms with Crippen molar-refractivity contribution in [2.45, 2.75) is 0 Å². The van der Waals surface area contributed by atoms with Gasteiger partial charge in [0, 0.05) is 0 Å². The third-order valence-corrected chi connectivity index (χ3v) is 8.73. The molecule has 0 N–H and O–H groups in total. The first-order chi connectivity index (χ1) is 11.4. The molecule has 23 heavy (non-hydrogen) atoms. The summed E-state index contributed by atoms with van der Waals surface area (Å²) in [6.07, 6.45) is 3.25. The van der Waals surface area contributed by atoms with Crippen molar-refractivity contribution in [3.05, 3.63) is 102 Å². The van der Waals surface area contributed by atoms with E-state index in [-0.39, 0.29) is 0 Å². The standard InChI is InChI=1S/C21H19BrP/c22-17-10-18-23(19-11-4-1-5-12-19,20-13-6-2-7-14-20)21-15-8-3-9-16-21/h1-17H,18H2/q+1/b17-10+. The van der Waals surface area contributed by atoms with Gasteiger partial charge in [-0.3, -0.25) is 0 Å².